The van der Waals surface area contributed by atoms with Crippen molar-refractivity contribution in [2.45, 2.75) is 38.0 Å². The first-order valence-electron chi connectivity index (χ1n) is 4.47. The fourth-order valence-electron chi connectivity index (χ4n) is 0.514. The van der Waals surface area contributed by atoms with Crippen LogP contribution in [0.4, 0.5) is 26.3 Å². The zero-order chi connectivity index (χ0) is 15.0. The van der Waals surface area contributed by atoms with Crippen LogP contribution in [0.3, 0.4) is 0 Å². The molecule has 1 amide bonds. The topological polar surface area (TPSA) is 80.4 Å². The van der Waals surface area contributed by atoms with Crippen molar-refractivity contribution in [3.63, 3.8) is 0 Å². The van der Waals surface area contributed by atoms with E-state index in [9.17, 15) is 35.9 Å². The van der Waals surface area contributed by atoms with Gasteiger partial charge in [-0.15, -0.1) is 0 Å². The number of alkyl halides is 6. The Hall–Kier alpha value is -1.48. The molecule has 0 unspecified atom stereocenters. The Morgan fingerprint density at radius 1 is 0.889 bits per heavy atom. The second-order valence-corrected chi connectivity index (χ2v) is 3.09. The number of rotatable bonds is 4. The van der Waals surface area contributed by atoms with Crippen LogP contribution in [0.5, 0.6) is 0 Å². The van der Waals surface area contributed by atoms with Crippen LogP contribution in [0.1, 0.15) is 25.7 Å². The molecule has 0 bridgehead atoms. The van der Waals surface area contributed by atoms with Crippen molar-refractivity contribution in [2.75, 3.05) is 0 Å². The number of halogens is 6. The summed E-state index contributed by atoms with van der Waals surface area (Å²) < 4.78 is 67.1. The highest BCUT2D eigenvalue weighted by atomic mass is 19.4. The number of hydrogen-bond acceptors (Lipinski definition) is 2. The van der Waals surface area contributed by atoms with E-state index in [1.165, 1.54) is 0 Å². The molecule has 0 saturated carbocycles. The van der Waals surface area contributed by atoms with Crippen molar-refractivity contribution in [1.82, 2.24) is 0 Å². The summed E-state index contributed by atoms with van der Waals surface area (Å²) in [6, 6.07) is 0. The average Bonchev–Trinajstić information content (AvgIpc) is 2.10. The average molecular weight is 283 g/mol. The fourth-order valence-corrected chi connectivity index (χ4v) is 0.514. The van der Waals surface area contributed by atoms with Crippen LogP contribution < -0.4 is 5.73 Å². The number of carboxylic acids is 1. The molecule has 4 nitrogen and oxygen atoms in total. The molecule has 0 radical (unpaired) electrons. The summed E-state index contributed by atoms with van der Waals surface area (Å²) in [5.41, 5.74) is 4.46. The van der Waals surface area contributed by atoms with Gasteiger partial charge in [0.2, 0.25) is 5.91 Å². The van der Waals surface area contributed by atoms with E-state index in [2.05, 4.69) is 5.73 Å². The molecule has 0 aromatic carbocycles. The second kappa shape index (κ2) is 7.77. The summed E-state index contributed by atoms with van der Waals surface area (Å²) in [6.07, 6.45) is -12.5. The van der Waals surface area contributed by atoms with E-state index in [1.54, 1.807) is 0 Å². The maximum Gasteiger partial charge on any atom is 0.389 e. The van der Waals surface area contributed by atoms with Gasteiger partial charge in [-0.2, -0.15) is 26.3 Å². The zero-order valence-electron chi connectivity index (χ0n) is 8.94. The number of aliphatic carboxylic acids is 1. The smallest absolute Gasteiger partial charge is 0.389 e. The standard InChI is InChI=1S/C4H6F3NO.C4H5F3O2/c2*5-4(6,7)2-1-3(8)9/h1-2H2,(H2,8,9);1-2H2,(H,8,9). The second-order valence-electron chi connectivity index (χ2n) is 3.09. The first-order chi connectivity index (χ1) is 7.83. The minimum absolute atomic E-state index is 0.622. The molecule has 10 heteroatoms. The van der Waals surface area contributed by atoms with Crippen LogP contribution in [0, 0.1) is 0 Å². The molecule has 108 valence electrons. The van der Waals surface area contributed by atoms with Gasteiger partial charge in [-0.1, -0.05) is 0 Å². The lowest BCUT2D eigenvalue weighted by molar-refractivity contribution is -0.152. The molecule has 18 heavy (non-hydrogen) atoms. The van der Waals surface area contributed by atoms with Crippen molar-refractivity contribution in [3.8, 4) is 0 Å². The highest BCUT2D eigenvalue weighted by Gasteiger charge is 2.27. The van der Waals surface area contributed by atoms with E-state index in [4.69, 9.17) is 5.11 Å². The van der Waals surface area contributed by atoms with Crippen LogP contribution >= 0.6 is 0 Å². The van der Waals surface area contributed by atoms with Gasteiger partial charge in [0, 0.05) is 6.42 Å². The Morgan fingerprint density at radius 3 is 1.33 bits per heavy atom. The Labute approximate surface area is 97.8 Å². The predicted octanol–water partition coefficient (Wildman–Crippen LogP) is 2.23. The number of nitrogens with two attached hydrogens (primary N) is 1. The van der Waals surface area contributed by atoms with Gasteiger partial charge in [-0.05, 0) is 0 Å². The van der Waals surface area contributed by atoms with Crippen LogP contribution in [0.2, 0.25) is 0 Å². The lowest BCUT2D eigenvalue weighted by atomic mass is 10.3. The lowest BCUT2D eigenvalue weighted by Crippen LogP contribution is -2.16. The van der Waals surface area contributed by atoms with Gasteiger partial charge in [0.15, 0.2) is 0 Å². The largest absolute Gasteiger partial charge is 0.481 e. The van der Waals surface area contributed by atoms with Crippen LogP contribution in [0.15, 0.2) is 0 Å². The van der Waals surface area contributed by atoms with Crippen molar-refractivity contribution in [3.05, 3.63) is 0 Å². The molecular formula is C8H11F6NO3. The third-order valence-electron chi connectivity index (χ3n) is 1.28. The van der Waals surface area contributed by atoms with Crippen molar-refractivity contribution in [2.24, 2.45) is 5.73 Å². The van der Waals surface area contributed by atoms with Gasteiger partial charge >= 0.3 is 18.3 Å². The Morgan fingerprint density at radius 2 is 1.22 bits per heavy atom. The van der Waals surface area contributed by atoms with E-state index in [-0.39, 0.29) is 0 Å². The molecule has 0 fully saturated rings. The van der Waals surface area contributed by atoms with E-state index in [0.29, 0.717) is 0 Å². The molecule has 0 aliphatic rings. The highest BCUT2D eigenvalue weighted by Crippen LogP contribution is 2.21. The number of primary amides is 1. The van der Waals surface area contributed by atoms with Gasteiger partial charge in [-0.25, -0.2) is 0 Å². The zero-order valence-corrected chi connectivity index (χ0v) is 8.94. The number of carbonyl (C=O) groups is 2. The molecule has 0 aliphatic heterocycles. The van der Waals surface area contributed by atoms with Gasteiger partial charge in [-0.3, -0.25) is 9.59 Å². The van der Waals surface area contributed by atoms with Gasteiger partial charge in [0.1, 0.15) is 0 Å². The van der Waals surface area contributed by atoms with E-state index in [0.717, 1.165) is 0 Å². The summed E-state index contributed by atoms with van der Waals surface area (Å²) in [5, 5.41) is 7.78. The van der Waals surface area contributed by atoms with Crippen LogP contribution in [-0.4, -0.2) is 29.3 Å². The maximum absolute atomic E-state index is 11.2. The molecule has 0 aromatic rings. The molecular weight excluding hydrogens is 272 g/mol. The minimum Gasteiger partial charge on any atom is -0.481 e. The molecule has 0 heterocycles. The predicted molar refractivity (Wildman–Crippen MR) is 47.4 cm³/mol. The van der Waals surface area contributed by atoms with Crippen molar-refractivity contribution < 1.29 is 41.0 Å². The molecule has 0 rings (SSSR count). The summed E-state index contributed by atoms with van der Waals surface area (Å²) in [6.45, 7) is 0. The van der Waals surface area contributed by atoms with E-state index in [1.807, 2.05) is 0 Å². The number of amides is 1. The molecule has 0 aromatic heterocycles. The van der Waals surface area contributed by atoms with E-state index >= 15 is 0 Å². The monoisotopic (exact) mass is 283 g/mol. The molecule has 0 atom stereocenters. The molecule has 0 aliphatic carbocycles. The number of carboxylic acid groups (broad SMARTS) is 1. The highest BCUT2D eigenvalue weighted by molar-refractivity contribution is 5.73. The first kappa shape index (κ1) is 18.9. The van der Waals surface area contributed by atoms with Crippen molar-refractivity contribution >= 4 is 11.9 Å². The molecule has 0 saturated heterocycles. The SMILES string of the molecule is NC(=O)CCC(F)(F)F.O=C(O)CCC(F)(F)F. The summed E-state index contributed by atoms with van der Waals surface area (Å²) in [7, 11) is 0. The van der Waals surface area contributed by atoms with Crippen LogP contribution in [-0.2, 0) is 9.59 Å². The minimum atomic E-state index is -4.35. The lowest BCUT2D eigenvalue weighted by Gasteiger charge is -2.01. The maximum atomic E-state index is 11.2. The Kier molecular flexibility index (Phi) is 8.15. The first-order valence-corrected chi connectivity index (χ1v) is 4.47. The van der Waals surface area contributed by atoms with E-state index < -0.39 is 49.9 Å². The third-order valence-corrected chi connectivity index (χ3v) is 1.28. The van der Waals surface area contributed by atoms with Crippen molar-refractivity contribution in [1.29, 1.82) is 0 Å². The number of hydrogen-bond donors (Lipinski definition) is 2. The summed E-state index contributed by atoms with van der Waals surface area (Å²) in [5.74, 6) is -2.35. The summed E-state index contributed by atoms with van der Waals surface area (Å²) >= 11 is 0. The Bertz CT molecular complexity index is 245. The fraction of sp³-hybridized carbons (Fsp3) is 0.750. The number of carbonyl (C=O) groups excluding carboxylic acids is 1. The quantitative estimate of drug-likeness (QED) is 0.776. The van der Waals surface area contributed by atoms with Gasteiger partial charge < -0.3 is 10.8 Å². The van der Waals surface area contributed by atoms with Gasteiger partial charge in [0.25, 0.3) is 0 Å². The van der Waals surface area contributed by atoms with Crippen LogP contribution in [0.25, 0.3) is 0 Å². The third kappa shape index (κ3) is 24.0. The summed E-state index contributed by atoms with van der Waals surface area (Å²) in [4.78, 5) is 19.3. The molecule has 0 spiro atoms. The Balaban J connectivity index is 0. The van der Waals surface area contributed by atoms with Gasteiger partial charge in [0.05, 0.1) is 19.3 Å². The normalized spacial score (nSPS) is 11.4. The molecule has 3 N–H and O–H groups in total.